The molecule has 1 N–H and O–H groups in total. The average molecular weight is 509 g/mol. The summed E-state index contributed by atoms with van der Waals surface area (Å²) in [5.41, 5.74) is 1.28. The van der Waals surface area contributed by atoms with Crippen molar-refractivity contribution in [1.82, 2.24) is 0 Å². The van der Waals surface area contributed by atoms with E-state index in [0.29, 0.717) is 23.6 Å². The van der Waals surface area contributed by atoms with Gasteiger partial charge < -0.3 is 10.1 Å². The highest BCUT2D eigenvalue weighted by atomic mass is 127. The summed E-state index contributed by atoms with van der Waals surface area (Å²) in [6, 6.07) is 14.7. The van der Waals surface area contributed by atoms with Crippen molar-refractivity contribution in [2.45, 2.75) is 0 Å². The molecule has 4 nitrogen and oxygen atoms in total. The number of nitriles is 1. The largest absolute Gasteiger partial charge is 0.489 e. The number of nitrogens with zero attached hydrogens (tertiary/aromatic N) is 1. The molecule has 0 aromatic heterocycles. The Bertz CT molecular complexity index is 872. The SMILES string of the molecule is C=CCOc1ccc(Br)cc1/C=C(/C#N)C(=O)Nc1ccccc1I. The predicted molar refractivity (Wildman–Crippen MR) is 111 cm³/mol. The maximum atomic E-state index is 12.4. The number of carbonyl (C=O) groups is 1. The second-order valence-corrected chi connectivity index (χ2v) is 6.96. The van der Waals surface area contributed by atoms with E-state index in [1.807, 2.05) is 30.3 Å². The quantitative estimate of drug-likeness (QED) is 0.253. The monoisotopic (exact) mass is 508 g/mol. The molecule has 126 valence electrons. The topological polar surface area (TPSA) is 62.1 Å². The van der Waals surface area contributed by atoms with Gasteiger partial charge >= 0.3 is 0 Å². The van der Waals surface area contributed by atoms with Crippen molar-refractivity contribution < 1.29 is 9.53 Å². The van der Waals surface area contributed by atoms with Gasteiger partial charge in [0.15, 0.2) is 0 Å². The van der Waals surface area contributed by atoms with E-state index >= 15 is 0 Å². The number of amides is 1. The molecule has 2 rings (SSSR count). The summed E-state index contributed by atoms with van der Waals surface area (Å²) >= 11 is 5.51. The van der Waals surface area contributed by atoms with Crippen LogP contribution in [0.5, 0.6) is 5.75 Å². The highest BCUT2D eigenvalue weighted by Crippen LogP contribution is 2.26. The van der Waals surface area contributed by atoms with Gasteiger partial charge in [-0.05, 0) is 59.0 Å². The molecule has 2 aromatic rings. The zero-order valence-corrected chi connectivity index (χ0v) is 16.9. The number of para-hydroxylation sites is 1. The van der Waals surface area contributed by atoms with Crippen LogP contribution < -0.4 is 10.1 Å². The molecule has 0 heterocycles. The van der Waals surface area contributed by atoms with Gasteiger partial charge in [0.2, 0.25) is 0 Å². The first kappa shape index (κ1) is 19.2. The van der Waals surface area contributed by atoms with Crippen molar-refractivity contribution in [2.24, 2.45) is 0 Å². The van der Waals surface area contributed by atoms with E-state index in [0.717, 1.165) is 8.04 Å². The zero-order valence-electron chi connectivity index (χ0n) is 13.1. The summed E-state index contributed by atoms with van der Waals surface area (Å²) in [6.07, 6.45) is 3.14. The number of hydrogen-bond donors (Lipinski definition) is 1. The molecule has 0 aliphatic carbocycles. The maximum absolute atomic E-state index is 12.4. The third-order valence-electron chi connectivity index (χ3n) is 3.12. The highest BCUT2D eigenvalue weighted by molar-refractivity contribution is 14.1. The molecule has 0 aliphatic heterocycles. The minimum absolute atomic E-state index is 0.0128. The van der Waals surface area contributed by atoms with E-state index in [9.17, 15) is 10.1 Å². The molecule has 0 bridgehead atoms. The van der Waals surface area contributed by atoms with Gasteiger partial charge in [-0.15, -0.1) is 0 Å². The van der Waals surface area contributed by atoms with E-state index < -0.39 is 5.91 Å². The minimum atomic E-state index is -0.471. The molecular weight excluding hydrogens is 495 g/mol. The number of anilines is 1. The van der Waals surface area contributed by atoms with Crippen LogP contribution in [0, 0.1) is 14.9 Å². The van der Waals surface area contributed by atoms with Crippen LogP contribution in [0.25, 0.3) is 6.08 Å². The van der Waals surface area contributed by atoms with Gasteiger partial charge in [-0.1, -0.05) is 40.7 Å². The van der Waals surface area contributed by atoms with Crippen LogP contribution in [0.1, 0.15) is 5.56 Å². The van der Waals surface area contributed by atoms with Gasteiger partial charge in [-0.25, -0.2) is 0 Å². The Kier molecular flexibility index (Phi) is 7.22. The fraction of sp³-hybridized carbons (Fsp3) is 0.0526. The summed E-state index contributed by atoms with van der Waals surface area (Å²) in [5, 5.41) is 12.1. The Morgan fingerprint density at radius 2 is 2.12 bits per heavy atom. The van der Waals surface area contributed by atoms with Crippen LogP contribution in [-0.2, 0) is 4.79 Å². The molecule has 0 unspecified atom stereocenters. The van der Waals surface area contributed by atoms with Crippen molar-refractivity contribution in [2.75, 3.05) is 11.9 Å². The van der Waals surface area contributed by atoms with E-state index in [-0.39, 0.29) is 5.57 Å². The van der Waals surface area contributed by atoms with Gasteiger partial charge in [0, 0.05) is 13.6 Å². The summed E-state index contributed by atoms with van der Waals surface area (Å²) in [7, 11) is 0. The molecule has 6 heteroatoms. The van der Waals surface area contributed by atoms with Crippen LogP contribution >= 0.6 is 38.5 Å². The molecule has 0 atom stereocenters. The first-order valence-electron chi connectivity index (χ1n) is 7.26. The summed E-state index contributed by atoms with van der Waals surface area (Å²) in [6.45, 7) is 3.95. The molecule has 2 aromatic carbocycles. The van der Waals surface area contributed by atoms with Crippen molar-refractivity contribution in [3.8, 4) is 11.8 Å². The van der Waals surface area contributed by atoms with Crippen molar-refractivity contribution in [3.63, 3.8) is 0 Å². The van der Waals surface area contributed by atoms with Gasteiger partial charge in [-0.3, -0.25) is 4.79 Å². The lowest BCUT2D eigenvalue weighted by molar-refractivity contribution is -0.112. The standard InChI is InChI=1S/C19H14BrIN2O2/c1-2-9-25-18-8-7-15(20)11-13(18)10-14(12-22)19(24)23-17-6-4-3-5-16(17)21/h2-8,10-11H,1,9H2,(H,23,24)/b14-10-. The number of benzene rings is 2. The molecule has 0 saturated carbocycles. The minimum Gasteiger partial charge on any atom is -0.489 e. The number of halogens is 2. The number of hydrogen-bond acceptors (Lipinski definition) is 3. The Balaban J connectivity index is 2.32. The molecule has 1 amide bonds. The highest BCUT2D eigenvalue weighted by Gasteiger charge is 2.13. The van der Waals surface area contributed by atoms with Gasteiger partial charge in [0.05, 0.1) is 5.69 Å². The number of rotatable bonds is 6. The van der Waals surface area contributed by atoms with Crippen molar-refractivity contribution >= 4 is 56.2 Å². The zero-order chi connectivity index (χ0) is 18.2. The lowest BCUT2D eigenvalue weighted by Crippen LogP contribution is -2.14. The van der Waals surface area contributed by atoms with Crippen LogP contribution in [0.4, 0.5) is 5.69 Å². The molecule has 0 aliphatic rings. The van der Waals surface area contributed by atoms with Crippen molar-refractivity contribution in [3.05, 3.63) is 74.3 Å². The predicted octanol–water partition coefficient (Wildman–Crippen LogP) is 5.16. The molecule has 0 fully saturated rings. The summed E-state index contributed by atoms with van der Waals surface area (Å²) < 4.78 is 7.29. The second-order valence-electron chi connectivity index (χ2n) is 4.89. The fourth-order valence-corrected chi connectivity index (χ4v) is 2.87. The Morgan fingerprint density at radius 1 is 1.36 bits per heavy atom. The first-order chi connectivity index (χ1) is 12.0. The van der Waals surface area contributed by atoms with E-state index in [2.05, 4.69) is 50.4 Å². The second kappa shape index (κ2) is 9.39. The van der Waals surface area contributed by atoms with E-state index in [1.165, 1.54) is 6.08 Å². The molecule has 0 radical (unpaired) electrons. The van der Waals surface area contributed by atoms with E-state index in [4.69, 9.17) is 4.74 Å². The van der Waals surface area contributed by atoms with E-state index in [1.54, 1.807) is 24.3 Å². The van der Waals surface area contributed by atoms with Crippen molar-refractivity contribution in [1.29, 1.82) is 5.26 Å². The normalized spacial score (nSPS) is 10.7. The lowest BCUT2D eigenvalue weighted by Gasteiger charge is -2.09. The Hall–Kier alpha value is -2.11. The molecule has 25 heavy (non-hydrogen) atoms. The molecule has 0 saturated heterocycles. The van der Waals surface area contributed by atoms with Gasteiger partial charge in [0.1, 0.15) is 24.0 Å². The lowest BCUT2D eigenvalue weighted by atomic mass is 10.1. The number of carbonyl (C=O) groups excluding carboxylic acids is 1. The Morgan fingerprint density at radius 3 is 2.80 bits per heavy atom. The molecular formula is C19H14BrIN2O2. The maximum Gasteiger partial charge on any atom is 0.266 e. The average Bonchev–Trinajstić information content (AvgIpc) is 2.60. The molecule has 0 spiro atoms. The fourth-order valence-electron chi connectivity index (χ4n) is 1.97. The summed E-state index contributed by atoms with van der Waals surface area (Å²) in [5.74, 6) is 0.0965. The smallest absolute Gasteiger partial charge is 0.266 e. The third-order valence-corrected chi connectivity index (χ3v) is 4.55. The number of ether oxygens (including phenoxy) is 1. The van der Waals surface area contributed by atoms with Crippen LogP contribution in [-0.4, -0.2) is 12.5 Å². The van der Waals surface area contributed by atoms with Gasteiger partial charge in [-0.2, -0.15) is 5.26 Å². The first-order valence-corrected chi connectivity index (χ1v) is 9.13. The summed E-state index contributed by atoms with van der Waals surface area (Å²) in [4.78, 5) is 12.4. The van der Waals surface area contributed by atoms with Gasteiger partial charge in [0.25, 0.3) is 5.91 Å². The van der Waals surface area contributed by atoms with Crippen LogP contribution in [0.2, 0.25) is 0 Å². The Labute approximate surface area is 168 Å². The van der Waals surface area contributed by atoms with Crippen LogP contribution in [0.3, 0.4) is 0 Å². The van der Waals surface area contributed by atoms with Crippen LogP contribution in [0.15, 0.2) is 65.2 Å². The number of nitrogens with one attached hydrogen (secondary N) is 1. The third kappa shape index (κ3) is 5.44.